The van der Waals surface area contributed by atoms with E-state index in [1.807, 2.05) is 31.6 Å². The number of aryl methyl sites for hydroxylation is 2. The quantitative estimate of drug-likeness (QED) is 0.858. The minimum Gasteiger partial charge on any atom is -0.371 e. The summed E-state index contributed by atoms with van der Waals surface area (Å²) in [5, 5.41) is 11.3. The van der Waals surface area contributed by atoms with Crippen molar-refractivity contribution in [2.45, 2.75) is 39.8 Å². The van der Waals surface area contributed by atoms with Crippen molar-refractivity contribution >= 4 is 5.69 Å². The van der Waals surface area contributed by atoms with Crippen molar-refractivity contribution in [1.82, 2.24) is 19.9 Å². The van der Waals surface area contributed by atoms with Crippen molar-refractivity contribution in [3.8, 4) is 0 Å². The van der Waals surface area contributed by atoms with Crippen molar-refractivity contribution in [2.75, 3.05) is 5.32 Å². The Morgan fingerprint density at radius 3 is 2.88 bits per heavy atom. The van der Waals surface area contributed by atoms with Crippen molar-refractivity contribution in [3.63, 3.8) is 0 Å². The van der Waals surface area contributed by atoms with Gasteiger partial charge in [0.15, 0.2) is 5.82 Å². The molecule has 2 aromatic heterocycles. The SMILES string of the molecule is CCc1noc([C@H](C)Nc2cnn(CC)c2)n1. The molecule has 2 aromatic rings. The molecule has 92 valence electrons. The summed E-state index contributed by atoms with van der Waals surface area (Å²) in [5.41, 5.74) is 0.954. The first kappa shape index (κ1) is 11.6. The molecule has 0 unspecified atom stereocenters. The molecule has 0 saturated carbocycles. The van der Waals surface area contributed by atoms with Crippen LogP contribution >= 0.6 is 0 Å². The van der Waals surface area contributed by atoms with Gasteiger partial charge >= 0.3 is 0 Å². The highest BCUT2D eigenvalue weighted by Gasteiger charge is 2.13. The molecular weight excluding hydrogens is 218 g/mol. The molecule has 0 radical (unpaired) electrons. The fourth-order valence-electron chi connectivity index (χ4n) is 1.51. The monoisotopic (exact) mass is 235 g/mol. The third-order valence-corrected chi connectivity index (χ3v) is 2.51. The highest BCUT2D eigenvalue weighted by atomic mass is 16.5. The molecule has 2 heterocycles. The second kappa shape index (κ2) is 4.99. The summed E-state index contributed by atoms with van der Waals surface area (Å²) in [7, 11) is 0. The summed E-state index contributed by atoms with van der Waals surface area (Å²) in [4.78, 5) is 4.28. The highest BCUT2D eigenvalue weighted by molar-refractivity contribution is 5.39. The Kier molecular flexibility index (Phi) is 3.41. The van der Waals surface area contributed by atoms with E-state index in [1.54, 1.807) is 6.20 Å². The van der Waals surface area contributed by atoms with Crippen LogP contribution in [0.5, 0.6) is 0 Å². The average molecular weight is 235 g/mol. The van der Waals surface area contributed by atoms with Crippen LogP contribution in [0.15, 0.2) is 16.9 Å². The Labute approximate surface area is 100 Å². The van der Waals surface area contributed by atoms with Crippen molar-refractivity contribution in [2.24, 2.45) is 0 Å². The van der Waals surface area contributed by atoms with E-state index in [1.165, 1.54) is 0 Å². The number of nitrogens with zero attached hydrogens (tertiary/aromatic N) is 4. The van der Waals surface area contributed by atoms with E-state index >= 15 is 0 Å². The maximum Gasteiger partial charge on any atom is 0.248 e. The van der Waals surface area contributed by atoms with Crippen molar-refractivity contribution in [1.29, 1.82) is 0 Å². The second-order valence-corrected chi connectivity index (χ2v) is 3.85. The van der Waals surface area contributed by atoms with Gasteiger partial charge in [-0.25, -0.2) is 0 Å². The van der Waals surface area contributed by atoms with Crippen LogP contribution in [0.1, 0.15) is 38.5 Å². The number of hydrogen-bond donors (Lipinski definition) is 1. The van der Waals surface area contributed by atoms with Crippen LogP contribution in [-0.4, -0.2) is 19.9 Å². The fraction of sp³-hybridized carbons (Fsp3) is 0.545. The minimum absolute atomic E-state index is 0.0164. The van der Waals surface area contributed by atoms with Crippen LogP contribution in [0.25, 0.3) is 0 Å². The predicted molar refractivity (Wildman–Crippen MR) is 63.6 cm³/mol. The topological polar surface area (TPSA) is 68.8 Å². The summed E-state index contributed by atoms with van der Waals surface area (Å²) in [6.45, 7) is 6.89. The lowest BCUT2D eigenvalue weighted by Gasteiger charge is -2.07. The standard InChI is InChI=1S/C11H17N5O/c1-4-10-14-11(17-15-10)8(3)13-9-6-12-16(5-2)7-9/h6-8,13H,4-5H2,1-3H3/t8-/m0/s1. The zero-order chi connectivity index (χ0) is 12.3. The van der Waals surface area contributed by atoms with E-state index in [-0.39, 0.29) is 6.04 Å². The molecule has 0 aliphatic carbocycles. The maximum absolute atomic E-state index is 5.17. The van der Waals surface area contributed by atoms with Crippen molar-refractivity contribution < 1.29 is 4.52 Å². The van der Waals surface area contributed by atoms with Gasteiger partial charge < -0.3 is 9.84 Å². The molecule has 1 N–H and O–H groups in total. The lowest BCUT2D eigenvalue weighted by molar-refractivity contribution is 0.363. The van der Waals surface area contributed by atoms with Gasteiger partial charge in [0.05, 0.1) is 11.9 Å². The van der Waals surface area contributed by atoms with Crippen LogP contribution in [0.4, 0.5) is 5.69 Å². The van der Waals surface area contributed by atoms with E-state index in [0.29, 0.717) is 5.89 Å². The van der Waals surface area contributed by atoms with Crippen LogP contribution in [0.3, 0.4) is 0 Å². The van der Waals surface area contributed by atoms with Gasteiger partial charge in [-0.3, -0.25) is 4.68 Å². The van der Waals surface area contributed by atoms with Gasteiger partial charge in [0.1, 0.15) is 6.04 Å². The maximum atomic E-state index is 5.17. The molecule has 0 aromatic carbocycles. The van der Waals surface area contributed by atoms with Gasteiger partial charge in [0.2, 0.25) is 5.89 Å². The van der Waals surface area contributed by atoms with E-state index in [2.05, 4.69) is 20.6 Å². The van der Waals surface area contributed by atoms with E-state index in [4.69, 9.17) is 4.52 Å². The highest BCUT2D eigenvalue weighted by Crippen LogP contribution is 2.17. The zero-order valence-electron chi connectivity index (χ0n) is 10.3. The molecule has 0 saturated heterocycles. The summed E-state index contributed by atoms with van der Waals surface area (Å²) in [5.74, 6) is 1.34. The fourth-order valence-corrected chi connectivity index (χ4v) is 1.51. The zero-order valence-corrected chi connectivity index (χ0v) is 10.3. The Hall–Kier alpha value is -1.85. The minimum atomic E-state index is -0.0164. The van der Waals surface area contributed by atoms with Gasteiger partial charge in [0, 0.05) is 19.2 Å². The summed E-state index contributed by atoms with van der Waals surface area (Å²) < 4.78 is 7.03. The molecule has 1 atom stereocenters. The molecule has 17 heavy (non-hydrogen) atoms. The third kappa shape index (κ3) is 2.64. The van der Waals surface area contributed by atoms with Crippen LogP contribution < -0.4 is 5.32 Å². The number of aromatic nitrogens is 4. The molecule has 6 nitrogen and oxygen atoms in total. The normalized spacial score (nSPS) is 12.6. The molecule has 0 bridgehead atoms. The van der Waals surface area contributed by atoms with Gasteiger partial charge in [-0.2, -0.15) is 10.1 Å². The largest absolute Gasteiger partial charge is 0.371 e. The Morgan fingerprint density at radius 2 is 2.29 bits per heavy atom. The Balaban J connectivity index is 2.02. The number of rotatable bonds is 5. The lowest BCUT2D eigenvalue weighted by atomic mass is 10.3. The van der Waals surface area contributed by atoms with E-state index in [0.717, 1.165) is 24.5 Å². The number of anilines is 1. The third-order valence-electron chi connectivity index (χ3n) is 2.51. The molecule has 0 spiro atoms. The summed E-state index contributed by atoms with van der Waals surface area (Å²) >= 11 is 0. The Bertz CT molecular complexity index is 476. The van der Waals surface area contributed by atoms with Gasteiger partial charge in [0.25, 0.3) is 0 Å². The summed E-state index contributed by atoms with van der Waals surface area (Å²) in [6.07, 6.45) is 4.52. The van der Waals surface area contributed by atoms with Gasteiger partial charge in [-0.15, -0.1) is 0 Å². The first-order valence-corrected chi connectivity index (χ1v) is 5.84. The van der Waals surface area contributed by atoms with Gasteiger partial charge in [-0.05, 0) is 13.8 Å². The molecular formula is C11H17N5O. The molecule has 6 heteroatoms. The first-order chi connectivity index (χ1) is 8.22. The molecule has 2 rings (SSSR count). The van der Waals surface area contributed by atoms with E-state index < -0.39 is 0 Å². The van der Waals surface area contributed by atoms with Crippen molar-refractivity contribution in [3.05, 3.63) is 24.1 Å². The van der Waals surface area contributed by atoms with Crippen LogP contribution in [-0.2, 0) is 13.0 Å². The number of hydrogen-bond acceptors (Lipinski definition) is 5. The van der Waals surface area contributed by atoms with Crippen LogP contribution in [0, 0.1) is 0 Å². The van der Waals surface area contributed by atoms with Gasteiger partial charge in [-0.1, -0.05) is 12.1 Å². The molecule has 0 fully saturated rings. The molecule has 0 amide bonds. The molecule has 0 aliphatic heterocycles. The Morgan fingerprint density at radius 1 is 1.47 bits per heavy atom. The first-order valence-electron chi connectivity index (χ1n) is 5.84. The number of nitrogens with one attached hydrogen (secondary N) is 1. The molecule has 0 aliphatic rings. The average Bonchev–Trinajstić information content (AvgIpc) is 2.96. The predicted octanol–water partition coefficient (Wildman–Crippen LogP) is 2.02. The lowest BCUT2D eigenvalue weighted by Crippen LogP contribution is -2.06. The second-order valence-electron chi connectivity index (χ2n) is 3.85. The van der Waals surface area contributed by atoms with Crippen LogP contribution in [0.2, 0.25) is 0 Å². The smallest absolute Gasteiger partial charge is 0.248 e. The summed E-state index contributed by atoms with van der Waals surface area (Å²) in [6, 6.07) is -0.0164. The van der Waals surface area contributed by atoms with E-state index in [9.17, 15) is 0 Å².